The number of pyridine rings is 1. The van der Waals surface area contributed by atoms with Crippen molar-refractivity contribution >= 4 is 11.6 Å². The predicted molar refractivity (Wildman–Crippen MR) is 118 cm³/mol. The summed E-state index contributed by atoms with van der Waals surface area (Å²) in [6.07, 6.45) is 7.61. The number of aromatic nitrogens is 4. The highest BCUT2D eigenvalue weighted by molar-refractivity contribution is 5.79. The van der Waals surface area contributed by atoms with Gasteiger partial charge in [0.05, 0.1) is 18.7 Å². The number of piperidine rings is 3. The molecule has 0 spiro atoms. The van der Waals surface area contributed by atoms with Gasteiger partial charge in [-0.05, 0) is 49.1 Å². The van der Waals surface area contributed by atoms with Gasteiger partial charge in [0.2, 0.25) is 5.91 Å². The Morgan fingerprint density at radius 3 is 2.97 bits per heavy atom. The van der Waals surface area contributed by atoms with Crippen LogP contribution in [0.4, 0.5) is 5.69 Å². The molecule has 160 valence electrons. The average Bonchev–Trinajstić information content (AvgIpc) is 3.27. The van der Waals surface area contributed by atoms with E-state index in [1.807, 2.05) is 47.3 Å². The number of hydrogen-bond acceptors (Lipinski definition) is 6. The highest BCUT2D eigenvalue weighted by Crippen LogP contribution is 2.37. The van der Waals surface area contributed by atoms with E-state index in [1.54, 1.807) is 12.4 Å². The molecule has 1 aromatic carbocycles. The van der Waals surface area contributed by atoms with Gasteiger partial charge in [-0.3, -0.25) is 19.4 Å². The molecule has 8 heteroatoms. The van der Waals surface area contributed by atoms with E-state index in [-0.39, 0.29) is 11.8 Å². The monoisotopic (exact) mass is 417 g/mol. The molecule has 3 fully saturated rings. The van der Waals surface area contributed by atoms with Crippen molar-refractivity contribution in [2.24, 2.45) is 11.8 Å². The van der Waals surface area contributed by atoms with Gasteiger partial charge in [0.25, 0.3) is 0 Å². The third-order valence-electron chi connectivity index (χ3n) is 6.52. The maximum Gasteiger partial charge on any atom is 0.224 e. The number of anilines is 1. The standard InChI is InChI=1S/C23H27N7O/c24-19-5-1-4-18(9-19)22-15-30(28-27-22)13-20-10-17-6-8-29(20)14-21(17)23(31)26-12-16-3-2-7-25-11-16/h1-5,7,9,11,15,17,20-21H,6,8,10,12-14,24H2,(H,26,31)/t17?,20-,21+/m1/s1. The van der Waals surface area contributed by atoms with Crippen LogP contribution in [0.1, 0.15) is 18.4 Å². The Labute approximate surface area is 181 Å². The first-order chi connectivity index (χ1) is 15.2. The Hall–Kier alpha value is -3.26. The highest BCUT2D eigenvalue weighted by atomic mass is 16.1. The zero-order chi connectivity index (χ0) is 21.2. The summed E-state index contributed by atoms with van der Waals surface area (Å²) in [5.41, 5.74) is 9.43. The van der Waals surface area contributed by atoms with Crippen molar-refractivity contribution in [3.05, 3.63) is 60.6 Å². The molecule has 3 aliphatic heterocycles. The van der Waals surface area contributed by atoms with E-state index in [0.29, 0.717) is 18.5 Å². The van der Waals surface area contributed by atoms with Crippen molar-refractivity contribution in [1.29, 1.82) is 0 Å². The third-order valence-corrected chi connectivity index (χ3v) is 6.52. The van der Waals surface area contributed by atoms with E-state index in [9.17, 15) is 4.79 Å². The minimum absolute atomic E-state index is 0.0558. The van der Waals surface area contributed by atoms with E-state index in [2.05, 4.69) is 25.5 Å². The molecule has 8 nitrogen and oxygen atoms in total. The molecule has 0 radical (unpaired) electrons. The van der Waals surface area contributed by atoms with Crippen LogP contribution in [0, 0.1) is 11.8 Å². The number of amides is 1. The van der Waals surface area contributed by atoms with Crippen LogP contribution in [0.25, 0.3) is 11.3 Å². The Bertz CT molecular complexity index is 1050. The number of nitrogens with zero attached hydrogens (tertiary/aromatic N) is 5. The van der Waals surface area contributed by atoms with Crippen LogP contribution in [-0.2, 0) is 17.9 Å². The fraction of sp³-hybridized carbons (Fsp3) is 0.391. The van der Waals surface area contributed by atoms with E-state index >= 15 is 0 Å². The Morgan fingerprint density at radius 1 is 1.26 bits per heavy atom. The van der Waals surface area contributed by atoms with E-state index in [0.717, 1.165) is 55.0 Å². The summed E-state index contributed by atoms with van der Waals surface area (Å²) < 4.78 is 1.92. The Kier molecular flexibility index (Phi) is 5.38. The lowest BCUT2D eigenvalue weighted by Crippen LogP contribution is -2.58. The zero-order valence-electron chi connectivity index (χ0n) is 17.4. The topological polar surface area (TPSA) is 102 Å². The molecule has 2 bridgehead atoms. The molecule has 31 heavy (non-hydrogen) atoms. The summed E-state index contributed by atoms with van der Waals surface area (Å²) in [7, 11) is 0. The summed E-state index contributed by atoms with van der Waals surface area (Å²) >= 11 is 0. The maximum atomic E-state index is 12.8. The summed E-state index contributed by atoms with van der Waals surface area (Å²) in [5, 5.41) is 11.8. The van der Waals surface area contributed by atoms with Gasteiger partial charge < -0.3 is 11.1 Å². The second-order valence-corrected chi connectivity index (χ2v) is 8.57. The number of rotatable bonds is 6. The van der Waals surface area contributed by atoms with Gasteiger partial charge in [0, 0.05) is 42.8 Å². The second kappa shape index (κ2) is 8.47. The number of hydrogen-bond donors (Lipinski definition) is 2. The number of carbonyl (C=O) groups is 1. The van der Waals surface area contributed by atoms with Crippen LogP contribution >= 0.6 is 0 Å². The van der Waals surface area contributed by atoms with Crippen molar-refractivity contribution < 1.29 is 4.79 Å². The third kappa shape index (κ3) is 4.29. The fourth-order valence-electron chi connectivity index (χ4n) is 4.88. The molecule has 0 aliphatic carbocycles. The van der Waals surface area contributed by atoms with Gasteiger partial charge in [-0.1, -0.05) is 23.4 Å². The van der Waals surface area contributed by atoms with Gasteiger partial charge in [0.15, 0.2) is 0 Å². The van der Waals surface area contributed by atoms with Crippen LogP contribution < -0.4 is 11.1 Å². The number of nitrogens with one attached hydrogen (secondary N) is 1. The molecule has 6 rings (SSSR count). The first kappa shape index (κ1) is 19.7. The summed E-state index contributed by atoms with van der Waals surface area (Å²) in [4.78, 5) is 19.4. The highest BCUT2D eigenvalue weighted by Gasteiger charge is 2.43. The molecule has 3 saturated heterocycles. The minimum Gasteiger partial charge on any atom is -0.399 e. The Morgan fingerprint density at radius 2 is 2.19 bits per heavy atom. The van der Waals surface area contributed by atoms with E-state index in [1.165, 1.54) is 0 Å². The lowest BCUT2D eigenvalue weighted by molar-refractivity contribution is -0.133. The smallest absolute Gasteiger partial charge is 0.224 e. The lowest BCUT2D eigenvalue weighted by Gasteiger charge is -2.49. The van der Waals surface area contributed by atoms with Crippen molar-refractivity contribution in [1.82, 2.24) is 30.2 Å². The molecule has 3 N–H and O–H groups in total. The fourth-order valence-corrected chi connectivity index (χ4v) is 4.88. The number of benzene rings is 1. The number of fused-ring (bicyclic) bond motifs is 3. The van der Waals surface area contributed by atoms with Gasteiger partial charge in [0.1, 0.15) is 5.69 Å². The molecule has 1 amide bonds. The van der Waals surface area contributed by atoms with Gasteiger partial charge >= 0.3 is 0 Å². The molecule has 0 saturated carbocycles. The number of carbonyl (C=O) groups excluding carboxylic acids is 1. The SMILES string of the molecule is Nc1cccc(-c2cn(C[C@H]3CC4CCN3C[C@@H]4C(=O)NCc3cccnc3)nn2)c1. The molecular weight excluding hydrogens is 390 g/mol. The van der Waals surface area contributed by atoms with Gasteiger partial charge in [-0.15, -0.1) is 5.10 Å². The molecule has 5 heterocycles. The van der Waals surface area contributed by atoms with Gasteiger partial charge in [-0.2, -0.15) is 0 Å². The van der Waals surface area contributed by atoms with Crippen molar-refractivity contribution in [2.75, 3.05) is 18.8 Å². The van der Waals surface area contributed by atoms with Gasteiger partial charge in [-0.25, -0.2) is 0 Å². The maximum absolute atomic E-state index is 12.8. The Balaban J connectivity index is 1.19. The summed E-state index contributed by atoms with van der Waals surface area (Å²) in [6.45, 7) is 3.17. The molecular formula is C23H27N7O. The van der Waals surface area contributed by atoms with Crippen LogP contribution in [0.15, 0.2) is 55.0 Å². The number of nitrogens with two attached hydrogens (primary N) is 1. The first-order valence-electron chi connectivity index (χ1n) is 10.8. The minimum atomic E-state index is 0.0558. The van der Waals surface area contributed by atoms with Crippen molar-refractivity contribution in [3.63, 3.8) is 0 Å². The van der Waals surface area contributed by atoms with Crippen LogP contribution in [0.5, 0.6) is 0 Å². The summed E-state index contributed by atoms with van der Waals surface area (Å²) in [6, 6.07) is 12.0. The zero-order valence-corrected chi connectivity index (χ0v) is 17.4. The second-order valence-electron chi connectivity index (χ2n) is 8.57. The molecule has 2 aromatic heterocycles. The largest absolute Gasteiger partial charge is 0.399 e. The first-order valence-corrected chi connectivity index (χ1v) is 10.8. The normalized spacial score (nSPS) is 24.8. The number of nitrogen functional groups attached to an aromatic ring is 1. The lowest BCUT2D eigenvalue weighted by atomic mass is 9.75. The molecule has 3 aliphatic rings. The molecule has 3 aromatic rings. The van der Waals surface area contributed by atoms with Crippen molar-refractivity contribution in [3.8, 4) is 11.3 Å². The predicted octanol–water partition coefficient (Wildman–Crippen LogP) is 1.95. The molecule has 2 unspecified atom stereocenters. The van der Waals surface area contributed by atoms with Crippen LogP contribution in [0.3, 0.4) is 0 Å². The average molecular weight is 418 g/mol. The van der Waals surface area contributed by atoms with Crippen LogP contribution in [0.2, 0.25) is 0 Å². The quantitative estimate of drug-likeness (QED) is 0.595. The molecule has 4 atom stereocenters. The summed E-state index contributed by atoms with van der Waals surface area (Å²) in [5.74, 6) is 0.628. The van der Waals surface area contributed by atoms with E-state index in [4.69, 9.17) is 5.73 Å². The van der Waals surface area contributed by atoms with Crippen LogP contribution in [-0.4, -0.2) is 49.9 Å². The van der Waals surface area contributed by atoms with E-state index < -0.39 is 0 Å². The van der Waals surface area contributed by atoms with Crippen molar-refractivity contribution in [2.45, 2.75) is 32.0 Å².